The van der Waals surface area contributed by atoms with E-state index in [0.29, 0.717) is 5.92 Å². The largest absolute Gasteiger partial charge is 0.396 e. The number of piperidine rings is 1. The van der Waals surface area contributed by atoms with Gasteiger partial charge in [0.05, 0.1) is 6.04 Å². The smallest absolute Gasteiger partial charge is 0.134 e. The van der Waals surface area contributed by atoms with E-state index in [1.165, 1.54) is 16.7 Å². The van der Waals surface area contributed by atoms with E-state index in [4.69, 9.17) is 0 Å². The minimum atomic E-state index is 0.175. The summed E-state index contributed by atoms with van der Waals surface area (Å²) in [6, 6.07) is 8.60. The Morgan fingerprint density at radius 3 is 2.96 bits per heavy atom. The van der Waals surface area contributed by atoms with E-state index in [9.17, 15) is 5.11 Å². The van der Waals surface area contributed by atoms with E-state index < -0.39 is 0 Å². The van der Waals surface area contributed by atoms with Crippen LogP contribution in [0.25, 0.3) is 0 Å². The molecule has 2 aromatic rings. The van der Waals surface area contributed by atoms with Crippen LogP contribution in [0.2, 0.25) is 0 Å². The van der Waals surface area contributed by atoms with Crippen molar-refractivity contribution in [2.24, 2.45) is 5.92 Å². The predicted molar refractivity (Wildman–Crippen MR) is 102 cm³/mol. The van der Waals surface area contributed by atoms with Gasteiger partial charge in [0, 0.05) is 25.8 Å². The van der Waals surface area contributed by atoms with Crippen molar-refractivity contribution in [2.45, 2.75) is 39.7 Å². The summed E-state index contributed by atoms with van der Waals surface area (Å²) < 4.78 is 0. The number of aliphatic hydroxyl groups is 1. The van der Waals surface area contributed by atoms with Crippen LogP contribution in [0.15, 0.2) is 30.6 Å². The number of benzene rings is 1. The van der Waals surface area contributed by atoms with E-state index >= 15 is 0 Å². The molecule has 0 amide bonds. The van der Waals surface area contributed by atoms with Crippen LogP contribution in [0.1, 0.15) is 42.5 Å². The standard InChI is InChI=1S/C20H28N4O/c1-14-6-4-8-18(15(14)2)16(3)23-19-10-20(22-13-21-19)24-9-5-7-17(11-24)12-25/h4,6,8,10,13,16-17,25H,5,7,9,11-12H2,1-3H3,(H,21,22,23). The maximum absolute atomic E-state index is 9.43. The molecule has 1 fully saturated rings. The van der Waals surface area contributed by atoms with Gasteiger partial charge in [-0.15, -0.1) is 0 Å². The second kappa shape index (κ2) is 7.83. The Balaban J connectivity index is 1.74. The molecule has 0 spiro atoms. The Morgan fingerprint density at radius 1 is 1.32 bits per heavy atom. The van der Waals surface area contributed by atoms with Crippen LogP contribution >= 0.6 is 0 Å². The summed E-state index contributed by atoms with van der Waals surface area (Å²) in [4.78, 5) is 11.1. The lowest BCUT2D eigenvalue weighted by atomic mass is 9.98. The lowest BCUT2D eigenvalue weighted by molar-refractivity contribution is 0.208. The van der Waals surface area contributed by atoms with Crippen molar-refractivity contribution in [3.63, 3.8) is 0 Å². The zero-order valence-corrected chi connectivity index (χ0v) is 15.4. The van der Waals surface area contributed by atoms with Crippen LogP contribution in [0.5, 0.6) is 0 Å². The molecular weight excluding hydrogens is 312 g/mol. The molecular formula is C20H28N4O. The van der Waals surface area contributed by atoms with Crippen LogP contribution in [0.3, 0.4) is 0 Å². The fraction of sp³-hybridized carbons (Fsp3) is 0.500. The average Bonchev–Trinajstić information content (AvgIpc) is 2.64. The van der Waals surface area contributed by atoms with Gasteiger partial charge in [-0.05, 0) is 56.2 Å². The Morgan fingerprint density at radius 2 is 2.16 bits per heavy atom. The molecule has 1 aromatic carbocycles. The molecule has 5 nitrogen and oxygen atoms in total. The van der Waals surface area contributed by atoms with Crippen LogP contribution < -0.4 is 10.2 Å². The first-order valence-electron chi connectivity index (χ1n) is 9.09. The highest BCUT2D eigenvalue weighted by molar-refractivity contribution is 5.50. The molecule has 0 bridgehead atoms. The number of aryl methyl sites for hydroxylation is 1. The molecule has 2 atom stereocenters. The Hall–Kier alpha value is -2.14. The van der Waals surface area contributed by atoms with Crippen LogP contribution in [0, 0.1) is 19.8 Å². The number of rotatable bonds is 5. The molecule has 2 heterocycles. The molecule has 0 saturated carbocycles. The Bertz CT molecular complexity index is 719. The van der Waals surface area contributed by atoms with Crippen molar-refractivity contribution in [1.82, 2.24) is 9.97 Å². The van der Waals surface area contributed by atoms with E-state index in [2.05, 4.69) is 59.2 Å². The van der Waals surface area contributed by atoms with Gasteiger partial charge in [0.1, 0.15) is 18.0 Å². The maximum Gasteiger partial charge on any atom is 0.134 e. The average molecular weight is 340 g/mol. The molecule has 3 rings (SSSR count). The number of hydrogen-bond acceptors (Lipinski definition) is 5. The molecule has 5 heteroatoms. The molecule has 1 aromatic heterocycles. The monoisotopic (exact) mass is 340 g/mol. The first-order chi connectivity index (χ1) is 12.1. The second-order valence-electron chi connectivity index (χ2n) is 7.05. The van der Waals surface area contributed by atoms with Crippen LogP contribution in [0.4, 0.5) is 11.6 Å². The number of anilines is 2. The van der Waals surface area contributed by atoms with Crippen molar-refractivity contribution in [3.8, 4) is 0 Å². The van der Waals surface area contributed by atoms with Gasteiger partial charge in [0.25, 0.3) is 0 Å². The van der Waals surface area contributed by atoms with Crippen LogP contribution in [-0.4, -0.2) is 34.8 Å². The fourth-order valence-electron chi connectivity index (χ4n) is 3.56. The minimum Gasteiger partial charge on any atom is -0.396 e. The zero-order chi connectivity index (χ0) is 17.8. The molecule has 0 radical (unpaired) electrons. The highest BCUT2D eigenvalue weighted by Gasteiger charge is 2.21. The Labute approximate surface area is 150 Å². The summed E-state index contributed by atoms with van der Waals surface area (Å²) in [5, 5.41) is 12.9. The van der Waals surface area contributed by atoms with Gasteiger partial charge in [-0.3, -0.25) is 0 Å². The minimum absolute atomic E-state index is 0.175. The van der Waals surface area contributed by atoms with E-state index in [1.54, 1.807) is 6.33 Å². The van der Waals surface area contributed by atoms with E-state index in [-0.39, 0.29) is 12.6 Å². The highest BCUT2D eigenvalue weighted by atomic mass is 16.3. The summed E-state index contributed by atoms with van der Waals surface area (Å²) in [7, 11) is 0. The van der Waals surface area contributed by atoms with Crippen molar-refractivity contribution < 1.29 is 5.11 Å². The highest BCUT2D eigenvalue weighted by Crippen LogP contribution is 2.26. The molecule has 1 saturated heterocycles. The van der Waals surface area contributed by atoms with Crippen molar-refractivity contribution >= 4 is 11.6 Å². The number of nitrogens with one attached hydrogen (secondary N) is 1. The maximum atomic E-state index is 9.43. The quantitative estimate of drug-likeness (QED) is 0.873. The molecule has 25 heavy (non-hydrogen) atoms. The molecule has 134 valence electrons. The lowest BCUT2D eigenvalue weighted by Gasteiger charge is -2.32. The van der Waals surface area contributed by atoms with Gasteiger partial charge in [-0.25, -0.2) is 9.97 Å². The first-order valence-corrected chi connectivity index (χ1v) is 9.09. The first kappa shape index (κ1) is 17.7. The SMILES string of the molecule is Cc1cccc(C(C)Nc2cc(N3CCCC(CO)C3)ncn2)c1C. The molecule has 1 aliphatic rings. The van der Waals surface area contributed by atoms with Gasteiger partial charge in [-0.2, -0.15) is 0 Å². The third-order valence-electron chi connectivity index (χ3n) is 5.23. The normalized spacial score (nSPS) is 18.9. The summed E-state index contributed by atoms with van der Waals surface area (Å²) in [5.74, 6) is 2.11. The number of aromatic nitrogens is 2. The van der Waals surface area contributed by atoms with E-state index in [1.807, 2.05) is 6.07 Å². The van der Waals surface area contributed by atoms with Crippen LogP contribution in [-0.2, 0) is 0 Å². The summed E-state index contributed by atoms with van der Waals surface area (Å²) in [5.41, 5.74) is 3.91. The van der Waals surface area contributed by atoms with Gasteiger partial charge in [0.2, 0.25) is 0 Å². The summed E-state index contributed by atoms with van der Waals surface area (Å²) in [6.45, 7) is 8.56. The molecule has 2 unspecified atom stereocenters. The second-order valence-corrected chi connectivity index (χ2v) is 7.05. The van der Waals surface area contributed by atoms with Gasteiger partial charge in [0.15, 0.2) is 0 Å². The number of aliphatic hydroxyl groups excluding tert-OH is 1. The van der Waals surface area contributed by atoms with Gasteiger partial charge >= 0.3 is 0 Å². The molecule has 0 aliphatic carbocycles. The fourth-order valence-corrected chi connectivity index (χ4v) is 3.56. The zero-order valence-electron chi connectivity index (χ0n) is 15.4. The predicted octanol–water partition coefficient (Wildman–Crippen LogP) is 3.48. The topological polar surface area (TPSA) is 61.3 Å². The van der Waals surface area contributed by atoms with Crippen molar-refractivity contribution in [2.75, 3.05) is 29.9 Å². The summed E-state index contributed by atoms with van der Waals surface area (Å²) in [6.07, 6.45) is 3.81. The number of nitrogens with zero attached hydrogens (tertiary/aromatic N) is 3. The third kappa shape index (κ3) is 4.10. The number of hydrogen-bond donors (Lipinski definition) is 2. The molecule has 2 N–H and O–H groups in total. The van der Waals surface area contributed by atoms with Gasteiger partial charge < -0.3 is 15.3 Å². The third-order valence-corrected chi connectivity index (χ3v) is 5.23. The summed E-state index contributed by atoms with van der Waals surface area (Å²) >= 11 is 0. The molecule has 1 aliphatic heterocycles. The lowest BCUT2D eigenvalue weighted by Crippen LogP contribution is -2.37. The van der Waals surface area contributed by atoms with Crippen molar-refractivity contribution in [1.29, 1.82) is 0 Å². The van der Waals surface area contributed by atoms with Gasteiger partial charge in [-0.1, -0.05) is 18.2 Å². The van der Waals surface area contributed by atoms with E-state index in [0.717, 1.165) is 37.6 Å². The Kier molecular flexibility index (Phi) is 5.53. The van der Waals surface area contributed by atoms with Crippen molar-refractivity contribution in [3.05, 3.63) is 47.3 Å².